The van der Waals surface area contributed by atoms with Gasteiger partial charge in [-0.15, -0.1) is 0 Å². The monoisotopic (exact) mass is 341 g/mol. The summed E-state index contributed by atoms with van der Waals surface area (Å²) in [6, 6.07) is 10.1. The Bertz CT molecular complexity index is 696. The van der Waals surface area contributed by atoms with E-state index in [1.807, 2.05) is 49.1 Å². The maximum atomic E-state index is 13.1. The van der Waals surface area contributed by atoms with Gasteiger partial charge in [0.1, 0.15) is 0 Å². The van der Waals surface area contributed by atoms with Gasteiger partial charge in [0, 0.05) is 24.9 Å². The molecule has 0 saturated carbocycles. The number of aromatic nitrogens is 2. The fraction of sp³-hybridized carbons (Fsp3) is 0.550. The lowest BCUT2D eigenvalue weighted by Crippen LogP contribution is -2.41. The van der Waals surface area contributed by atoms with Gasteiger partial charge in [0.25, 0.3) is 0 Å². The molecule has 0 unspecified atom stereocenters. The van der Waals surface area contributed by atoms with E-state index in [4.69, 9.17) is 4.52 Å². The van der Waals surface area contributed by atoms with Gasteiger partial charge in [0.2, 0.25) is 11.8 Å². The molecule has 1 aromatic carbocycles. The van der Waals surface area contributed by atoms with E-state index in [1.54, 1.807) is 0 Å². The molecule has 1 aliphatic heterocycles. The molecule has 1 aliphatic rings. The van der Waals surface area contributed by atoms with E-state index in [-0.39, 0.29) is 23.7 Å². The minimum atomic E-state index is -0.0727. The number of nitrogens with zero attached hydrogens (tertiary/aromatic N) is 3. The van der Waals surface area contributed by atoms with Gasteiger partial charge in [0.05, 0.1) is 5.92 Å². The van der Waals surface area contributed by atoms with Crippen molar-refractivity contribution in [2.24, 2.45) is 0 Å². The topological polar surface area (TPSA) is 59.2 Å². The minimum Gasteiger partial charge on any atom is -0.341 e. The summed E-state index contributed by atoms with van der Waals surface area (Å²) in [6.07, 6.45) is 2.79. The molecule has 0 aliphatic carbocycles. The summed E-state index contributed by atoms with van der Waals surface area (Å²) in [7, 11) is 0. The molecule has 5 nitrogen and oxygen atoms in total. The third-order valence-corrected chi connectivity index (χ3v) is 4.96. The lowest BCUT2D eigenvalue weighted by molar-refractivity contribution is -0.134. The van der Waals surface area contributed by atoms with Crippen LogP contribution in [0.3, 0.4) is 0 Å². The first kappa shape index (κ1) is 17.6. The first-order valence-electron chi connectivity index (χ1n) is 9.27. The van der Waals surface area contributed by atoms with Crippen LogP contribution in [0.2, 0.25) is 0 Å². The molecule has 3 rings (SSSR count). The molecule has 0 N–H and O–H groups in total. The second kappa shape index (κ2) is 7.81. The Hall–Kier alpha value is -2.17. The van der Waals surface area contributed by atoms with Gasteiger partial charge in [-0.2, -0.15) is 4.98 Å². The quantitative estimate of drug-likeness (QED) is 0.822. The SMILES string of the molecule is CC[C@@H](C(=O)N1CCC[C@H](c2noc(C(C)C)n2)C1)c1ccccc1. The molecular formula is C20H27N3O2. The number of benzene rings is 1. The summed E-state index contributed by atoms with van der Waals surface area (Å²) >= 11 is 0. The highest BCUT2D eigenvalue weighted by molar-refractivity contribution is 5.83. The van der Waals surface area contributed by atoms with Gasteiger partial charge in [-0.1, -0.05) is 56.3 Å². The molecule has 1 fully saturated rings. The van der Waals surface area contributed by atoms with Crippen LogP contribution in [0.5, 0.6) is 0 Å². The Morgan fingerprint density at radius 2 is 2.08 bits per heavy atom. The highest BCUT2D eigenvalue weighted by atomic mass is 16.5. The van der Waals surface area contributed by atoms with Crippen LogP contribution >= 0.6 is 0 Å². The Kier molecular flexibility index (Phi) is 5.51. The summed E-state index contributed by atoms with van der Waals surface area (Å²) < 4.78 is 5.35. The van der Waals surface area contributed by atoms with E-state index < -0.39 is 0 Å². The van der Waals surface area contributed by atoms with Crippen LogP contribution in [0.15, 0.2) is 34.9 Å². The van der Waals surface area contributed by atoms with Gasteiger partial charge in [-0.25, -0.2) is 0 Å². The molecule has 0 radical (unpaired) electrons. The van der Waals surface area contributed by atoms with Crippen molar-refractivity contribution in [3.05, 3.63) is 47.6 Å². The lowest BCUT2D eigenvalue weighted by Gasteiger charge is -2.33. The number of piperidine rings is 1. The van der Waals surface area contributed by atoms with Crippen LogP contribution in [-0.2, 0) is 4.79 Å². The van der Waals surface area contributed by atoms with Crippen LogP contribution in [-0.4, -0.2) is 34.0 Å². The van der Waals surface area contributed by atoms with Crippen molar-refractivity contribution < 1.29 is 9.32 Å². The Labute approximate surface area is 149 Å². The molecule has 5 heteroatoms. The summed E-state index contributed by atoms with van der Waals surface area (Å²) in [6.45, 7) is 7.65. The van der Waals surface area contributed by atoms with Gasteiger partial charge in [-0.3, -0.25) is 4.79 Å². The number of likely N-dealkylation sites (tertiary alicyclic amines) is 1. The Morgan fingerprint density at radius 3 is 2.72 bits per heavy atom. The maximum Gasteiger partial charge on any atom is 0.230 e. The molecule has 25 heavy (non-hydrogen) atoms. The predicted molar refractivity (Wildman–Crippen MR) is 96.4 cm³/mol. The number of rotatable bonds is 5. The van der Waals surface area contributed by atoms with Crippen molar-refractivity contribution in [1.29, 1.82) is 0 Å². The minimum absolute atomic E-state index is 0.0727. The van der Waals surface area contributed by atoms with E-state index in [9.17, 15) is 4.79 Å². The van der Waals surface area contributed by atoms with Crippen LogP contribution in [0.25, 0.3) is 0 Å². The second-order valence-electron chi connectivity index (χ2n) is 7.14. The molecule has 1 saturated heterocycles. The first-order chi connectivity index (χ1) is 12.1. The molecule has 2 atom stereocenters. The predicted octanol–water partition coefficient (Wildman–Crippen LogP) is 4.09. The molecule has 1 amide bonds. The van der Waals surface area contributed by atoms with Crippen LogP contribution in [0.4, 0.5) is 0 Å². The zero-order valence-corrected chi connectivity index (χ0v) is 15.3. The fourth-order valence-corrected chi connectivity index (χ4v) is 3.49. The Morgan fingerprint density at radius 1 is 1.32 bits per heavy atom. The molecular weight excluding hydrogens is 314 g/mol. The first-order valence-corrected chi connectivity index (χ1v) is 9.27. The summed E-state index contributed by atoms with van der Waals surface area (Å²) in [5.74, 6) is 1.96. The van der Waals surface area contributed by atoms with E-state index in [2.05, 4.69) is 17.1 Å². The summed E-state index contributed by atoms with van der Waals surface area (Å²) in [4.78, 5) is 19.6. The molecule has 1 aromatic heterocycles. The normalized spacial score (nSPS) is 19.2. The molecule has 0 bridgehead atoms. The fourth-order valence-electron chi connectivity index (χ4n) is 3.49. The average molecular weight is 341 g/mol. The Balaban J connectivity index is 1.72. The maximum absolute atomic E-state index is 13.1. The molecule has 0 spiro atoms. The number of carbonyl (C=O) groups is 1. The van der Waals surface area contributed by atoms with Gasteiger partial charge >= 0.3 is 0 Å². The summed E-state index contributed by atoms with van der Waals surface area (Å²) in [5, 5.41) is 4.15. The summed E-state index contributed by atoms with van der Waals surface area (Å²) in [5.41, 5.74) is 1.10. The zero-order chi connectivity index (χ0) is 17.8. The van der Waals surface area contributed by atoms with E-state index in [0.717, 1.165) is 37.2 Å². The smallest absolute Gasteiger partial charge is 0.230 e. The van der Waals surface area contributed by atoms with Gasteiger partial charge in [-0.05, 0) is 24.8 Å². The average Bonchev–Trinajstić information content (AvgIpc) is 3.14. The zero-order valence-electron chi connectivity index (χ0n) is 15.3. The van der Waals surface area contributed by atoms with Crippen LogP contribution < -0.4 is 0 Å². The molecule has 2 aromatic rings. The van der Waals surface area contributed by atoms with Crippen LogP contribution in [0.1, 0.15) is 75.1 Å². The van der Waals surface area contributed by atoms with E-state index in [1.165, 1.54) is 0 Å². The standard InChI is InChI=1S/C20H27N3O2/c1-4-17(15-9-6-5-7-10-15)20(24)23-12-8-11-16(13-23)18-21-19(14(2)3)25-22-18/h5-7,9-10,14,16-17H,4,8,11-13H2,1-3H3/t16-,17+/m0/s1. The van der Waals surface area contributed by atoms with Crippen LogP contribution in [0, 0.1) is 0 Å². The van der Waals surface area contributed by atoms with Crippen molar-refractivity contribution in [2.45, 2.75) is 57.8 Å². The highest BCUT2D eigenvalue weighted by Crippen LogP contribution is 2.29. The van der Waals surface area contributed by atoms with Crippen molar-refractivity contribution in [1.82, 2.24) is 15.0 Å². The number of carbonyl (C=O) groups excluding carboxylic acids is 1. The second-order valence-corrected chi connectivity index (χ2v) is 7.14. The molecule has 2 heterocycles. The van der Waals surface area contributed by atoms with Crippen molar-refractivity contribution in [3.63, 3.8) is 0 Å². The van der Waals surface area contributed by atoms with Gasteiger partial charge < -0.3 is 9.42 Å². The van der Waals surface area contributed by atoms with Crippen molar-refractivity contribution in [2.75, 3.05) is 13.1 Å². The largest absolute Gasteiger partial charge is 0.341 e. The number of hydrogen-bond acceptors (Lipinski definition) is 4. The number of amides is 1. The number of hydrogen-bond donors (Lipinski definition) is 0. The lowest BCUT2D eigenvalue weighted by atomic mass is 9.92. The third kappa shape index (κ3) is 3.91. The van der Waals surface area contributed by atoms with E-state index in [0.29, 0.717) is 12.4 Å². The third-order valence-electron chi connectivity index (χ3n) is 4.96. The molecule has 134 valence electrons. The van der Waals surface area contributed by atoms with Crippen molar-refractivity contribution in [3.8, 4) is 0 Å². The van der Waals surface area contributed by atoms with Crippen molar-refractivity contribution >= 4 is 5.91 Å². The van der Waals surface area contributed by atoms with Gasteiger partial charge in [0.15, 0.2) is 5.82 Å². The van der Waals surface area contributed by atoms with E-state index >= 15 is 0 Å². The highest BCUT2D eigenvalue weighted by Gasteiger charge is 2.31.